The van der Waals surface area contributed by atoms with Crippen LogP contribution in [0.25, 0.3) is 0 Å². The van der Waals surface area contributed by atoms with E-state index in [1.165, 1.54) is 0 Å². The molecule has 5 heteroatoms. The first-order valence-corrected chi connectivity index (χ1v) is 5.28. The topological polar surface area (TPSA) is 47.0 Å². The van der Waals surface area contributed by atoms with Crippen molar-refractivity contribution in [2.75, 3.05) is 24.9 Å². The Morgan fingerprint density at radius 1 is 1.53 bits per heavy atom. The third kappa shape index (κ3) is 3.91. The van der Waals surface area contributed by atoms with E-state index in [0.29, 0.717) is 17.7 Å². The maximum Gasteiger partial charge on any atom is 0.225 e. The number of alkyl halides is 1. The zero-order chi connectivity index (χ0) is 11.3. The largest absolute Gasteiger partial charge is 0.481 e. The van der Waals surface area contributed by atoms with Gasteiger partial charge in [-0.05, 0) is 5.41 Å². The van der Waals surface area contributed by atoms with Gasteiger partial charge in [-0.1, -0.05) is 13.8 Å². The number of halogens is 1. The average Bonchev–Trinajstić information content (AvgIpc) is 2.27. The fourth-order valence-electron chi connectivity index (χ4n) is 0.907. The lowest BCUT2D eigenvalue weighted by Gasteiger charge is -2.21. The Labute approximate surface area is 95.0 Å². The molecule has 0 saturated carbocycles. The molecule has 0 fully saturated rings. The van der Waals surface area contributed by atoms with Crippen LogP contribution in [-0.2, 0) is 0 Å². The highest BCUT2D eigenvalue weighted by Crippen LogP contribution is 2.17. The zero-order valence-electron chi connectivity index (χ0n) is 9.25. The molecule has 4 nitrogen and oxygen atoms in total. The first-order valence-electron chi connectivity index (χ1n) is 4.74. The smallest absolute Gasteiger partial charge is 0.225 e. The van der Waals surface area contributed by atoms with E-state index >= 15 is 0 Å². The first kappa shape index (κ1) is 12.0. The van der Waals surface area contributed by atoms with Gasteiger partial charge in [-0.2, -0.15) is 4.98 Å². The van der Waals surface area contributed by atoms with E-state index in [1.54, 1.807) is 19.4 Å². The number of ether oxygens (including phenoxy) is 1. The molecule has 1 aromatic rings. The number of rotatable bonds is 5. The molecule has 0 saturated heterocycles. The Bertz CT molecular complexity index is 317. The first-order chi connectivity index (χ1) is 7.07. The van der Waals surface area contributed by atoms with Crippen LogP contribution in [-0.4, -0.2) is 29.5 Å². The van der Waals surface area contributed by atoms with Crippen LogP contribution in [0.4, 0.5) is 5.95 Å². The van der Waals surface area contributed by atoms with Gasteiger partial charge in [-0.15, -0.1) is 11.6 Å². The number of nitrogens with zero attached hydrogens (tertiary/aromatic N) is 2. The maximum atomic E-state index is 5.81. The Balaban J connectivity index is 2.57. The van der Waals surface area contributed by atoms with Crippen LogP contribution in [0.1, 0.15) is 13.8 Å². The average molecular weight is 230 g/mol. The monoisotopic (exact) mass is 229 g/mol. The second kappa shape index (κ2) is 5.16. The van der Waals surface area contributed by atoms with E-state index in [-0.39, 0.29) is 5.41 Å². The molecule has 1 heterocycles. The number of hydrogen-bond donors (Lipinski definition) is 1. The number of aromatic nitrogens is 2. The molecule has 0 atom stereocenters. The van der Waals surface area contributed by atoms with Gasteiger partial charge in [0.05, 0.1) is 7.11 Å². The van der Waals surface area contributed by atoms with Gasteiger partial charge in [0.1, 0.15) is 0 Å². The standard InChI is InChI=1S/C10H16ClN3O/c1-10(2,6-11)7-13-9-12-5-4-8(14-9)15-3/h4-5H,6-7H2,1-3H3,(H,12,13,14). The molecule has 0 amide bonds. The van der Waals surface area contributed by atoms with Gasteiger partial charge in [0.2, 0.25) is 11.8 Å². The van der Waals surface area contributed by atoms with E-state index in [0.717, 1.165) is 6.54 Å². The molecule has 0 radical (unpaired) electrons. The molecule has 0 aliphatic rings. The lowest BCUT2D eigenvalue weighted by atomic mass is 9.97. The summed E-state index contributed by atoms with van der Waals surface area (Å²) in [7, 11) is 1.58. The summed E-state index contributed by atoms with van der Waals surface area (Å²) in [5.74, 6) is 1.70. The summed E-state index contributed by atoms with van der Waals surface area (Å²) in [6, 6.07) is 1.71. The molecule has 1 N–H and O–H groups in total. The molecule has 0 aliphatic carbocycles. The lowest BCUT2D eigenvalue weighted by Crippen LogP contribution is -2.25. The van der Waals surface area contributed by atoms with Crippen molar-refractivity contribution in [1.82, 2.24) is 9.97 Å². The Kier molecular flexibility index (Phi) is 4.15. The highest BCUT2D eigenvalue weighted by atomic mass is 35.5. The van der Waals surface area contributed by atoms with Gasteiger partial charge in [-0.25, -0.2) is 4.98 Å². The molecule has 0 bridgehead atoms. The number of hydrogen-bond acceptors (Lipinski definition) is 4. The highest BCUT2D eigenvalue weighted by molar-refractivity contribution is 6.18. The number of methoxy groups -OCH3 is 1. The van der Waals surface area contributed by atoms with Gasteiger partial charge < -0.3 is 10.1 Å². The van der Waals surface area contributed by atoms with Crippen molar-refractivity contribution in [3.05, 3.63) is 12.3 Å². The van der Waals surface area contributed by atoms with Gasteiger partial charge in [0.15, 0.2) is 0 Å². The second-order valence-corrected chi connectivity index (χ2v) is 4.34. The van der Waals surface area contributed by atoms with Crippen molar-refractivity contribution in [2.45, 2.75) is 13.8 Å². The molecule has 0 unspecified atom stereocenters. The molecular weight excluding hydrogens is 214 g/mol. The summed E-state index contributed by atoms with van der Waals surface area (Å²) in [6.45, 7) is 4.88. The molecule has 0 aromatic carbocycles. The predicted octanol–water partition coefficient (Wildman–Crippen LogP) is 2.16. The van der Waals surface area contributed by atoms with Crippen molar-refractivity contribution >= 4 is 17.5 Å². The van der Waals surface area contributed by atoms with E-state index in [4.69, 9.17) is 16.3 Å². The van der Waals surface area contributed by atoms with Crippen molar-refractivity contribution in [1.29, 1.82) is 0 Å². The predicted molar refractivity (Wildman–Crippen MR) is 61.6 cm³/mol. The fraction of sp³-hybridized carbons (Fsp3) is 0.600. The van der Waals surface area contributed by atoms with Crippen LogP contribution in [0.3, 0.4) is 0 Å². The van der Waals surface area contributed by atoms with Crippen LogP contribution in [0.15, 0.2) is 12.3 Å². The minimum atomic E-state index is 0.0218. The third-order valence-electron chi connectivity index (χ3n) is 1.93. The summed E-state index contributed by atoms with van der Waals surface area (Å²) in [5, 5.41) is 3.12. The van der Waals surface area contributed by atoms with E-state index < -0.39 is 0 Å². The van der Waals surface area contributed by atoms with Gasteiger partial charge in [-0.3, -0.25) is 0 Å². The minimum Gasteiger partial charge on any atom is -0.481 e. The van der Waals surface area contributed by atoms with E-state index in [1.807, 2.05) is 0 Å². The van der Waals surface area contributed by atoms with E-state index in [2.05, 4.69) is 29.1 Å². The fourth-order valence-corrected chi connectivity index (χ4v) is 1.00. The minimum absolute atomic E-state index is 0.0218. The normalized spacial score (nSPS) is 11.2. The van der Waals surface area contributed by atoms with Crippen molar-refractivity contribution in [2.24, 2.45) is 5.41 Å². The van der Waals surface area contributed by atoms with Crippen molar-refractivity contribution < 1.29 is 4.74 Å². The molecule has 0 aliphatic heterocycles. The molecule has 15 heavy (non-hydrogen) atoms. The number of nitrogens with one attached hydrogen (secondary N) is 1. The second-order valence-electron chi connectivity index (χ2n) is 4.07. The Morgan fingerprint density at radius 3 is 2.87 bits per heavy atom. The molecule has 1 aromatic heterocycles. The Morgan fingerprint density at radius 2 is 2.27 bits per heavy atom. The summed E-state index contributed by atoms with van der Waals surface area (Å²) >= 11 is 5.81. The summed E-state index contributed by atoms with van der Waals surface area (Å²) in [5.41, 5.74) is 0.0218. The molecular formula is C10H16ClN3O. The van der Waals surface area contributed by atoms with Crippen LogP contribution in [0, 0.1) is 5.41 Å². The third-order valence-corrected chi connectivity index (χ3v) is 2.65. The van der Waals surface area contributed by atoms with Crippen LogP contribution >= 0.6 is 11.6 Å². The van der Waals surface area contributed by atoms with Gasteiger partial charge in [0, 0.05) is 24.7 Å². The van der Waals surface area contributed by atoms with Crippen LogP contribution in [0.2, 0.25) is 0 Å². The zero-order valence-corrected chi connectivity index (χ0v) is 10.0. The number of anilines is 1. The maximum absolute atomic E-state index is 5.81. The van der Waals surface area contributed by atoms with Gasteiger partial charge >= 0.3 is 0 Å². The molecule has 1 rings (SSSR count). The Hall–Kier alpha value is -1.03. The highest BCUT2D eigenvalue weighted by Gasteiger charge is 2.16. The lowest BCUT2D eigenvalue weighted by molar-refractivity contribution is 0.396. The van der Waals surface area contributed by atoms with E-state index in [9.17, 15) is 0 Å². The van der Waals surface area contributed by atoms with Crippen LogP contribution in [0.5, 0.6) is 5.88 Å². The van der Waals surface area contributed by atoms with Crippen molar-refractivity contribution in [3.63, 3.8) is 0 Å². The summed E-state index contributed by atoms with van der Waals surface area (Å²) in [4.78, 5) is 8.22. The van der Waals surface area contributed by atoms with Crippen molar-refractivity contribution in [3.8, 4) is 5.88 Å². The quantitative estimate of drug-likeness (QED) is 0.787. The summed E-state index contributed by atoms with van der Waals surface area (Å²) < 4.78 is 5.00. The van der Waals surface area contributed by atoms with Crippen LogP contribution < -0.4 is 10.1 Å². The van der Waals surface area contributed by atoms with Gasteiger partial charge in [0.25, 0.3) is 0 Å². The summed E-state index contributed by atoms with van der Waals surface area (Å²) in [6.07, 6.45) is 1.65. The SMILES string of the molecule is COc1ccnc(NCC(C)(C)CCl)n1. The molecule has 84 valence electrons. The molecule has 0 spiro atoms.